The van der Waals surface area contributed by atoms with E-state index in [-0.39, 0.29) is 0 Å². The summed E-state index contributed by atoms with van der Waals surface area (Å²) in [7, 11) is 0. The van der Waals surface area contributed by atoms with Crippen LogP contribution in [-0.2, 0) is 0 Å². The first kappa shape index (κ1) is 30.4. The molecular formula is C9F22N+. The summed E-state index contributed by atoms with van der Waals surface area (Å²) in [5.41, 5.74) is 0. The van der Waals surface area contributed by atoms with Gasteiger partial charge in [-0.1, -0.05) is 0 Å². The van der Waals surface area contributed by atoms with Crippen molar-refractivity contribution < 1.29 is 101 Å². The number of nitrogens with zero attached hydrogens (tertiary/aromatic N) is 1. The van der Waals surface area contributed by atoms with Gasteiger partial charge in [-0.15, -0.1) is 48.3 Å². The summed E-state index contributed by atoms with van der Waals surface area (Å²) in [5, 5.41) is 0. The topological polar surface area (TPSA) is 0 Å². The van der Waals surface area contributed by atoms with Crippen LogP contribution in [0.2, 0.25) is 0 Å². The van der Waals surface area contributed by atoms with Gasteiger partial charge in [-0.2, -0.15) is 48.3 Å². The number of hydrogen-bond donors (Lipinski definition) is 0. The molecule has 0 atom stereocenters. The van der Waals surface area contributed by atoms with E-state index in [2.05, 4.69) is 0 Å². The molecule has 1 nitrogen and oxygen atoms in total. The minimum absolute atomic E-state index is 8.10. The van der Waals surface area contributed by atoms with Crippen molar-refractivity contribution in [1.29, 1.82) is 0 Å². The Hall–Kier alpha value is -1.58. The summed E-state index contributed by atoms with van der Waals surface area (Å²) in [6.45, 7) is 0. The fourth-order valence-corrected chi connectivity index (χ4v) is 1.88. The van der Waals surface area contributed by atoms with E-state index in [0.717, 1.165) is 0 Å². The van der Waals surface area contributed by atoms with E-state index in [0.29, 0.717) is 0 Å². The predicted molar refractivity (Wildman–Crippen MR) is 49.2 cm³/mol. The van der Waals surface area contributed by atoms with E-state index in [9.17, 15) is 96.6 Å². The molecule has 0 saturated heterocycles. The molecule has 0 rings (SSSR count). The van der Waals surface area contributed by atoms with Crippen LogP contribution >= 0.6 is 0 Å². The van der Waals surface area contributed by atoms with E-state index < -0.39 is 59.3 Å². The van der Waals surface area contributed by atoms with Crippen molar-refractivity contribution in [3.8, 4) is 0 Å². The minimum atomic E-state index is -9.66. The van der Waals surface area contributed by atoms with Gasteiger partial charge in [0.15, 0.2) is 0 Å². The Labute approximate surface area is 157 Å². The van der Waals surface area contributed by atoms with Crippen LogP contribution in [0.1, 0.15) is 0 Å². The van der Waals surface area contributed by atoms with Crippen molar-refractivity contribution in [2.24, 2.45) is 0 Å². The lowest BCUT2D eigenvalue weighted by Gasteiger charge is -2.47. The van der Waals surface area contributed by atoms with Crippen LogP contribution in [0.25, 0.3) is 0 Å². The second-order valence-electron chi connectivity index (χ2n) is 5.41. The van der Waals surface area contributed by atoms with Crippen LogP contribution in [0.15, 0.2) is 0 Å². The van der Waals surface area contributed by atoms with Gasteiger partial charge in [0.25, 0.3) is 0 Å². The molecule has 0 heterocycles. The standard InChI is InChI=1S/C9F22N/c10-1(11,3(14,15)5(18,19)20)2(12,13)4(16,17)6(21,22)32(7(23,24)25,8(26,27)28)9(29,30)31/q+1. The molecule has 0 aliphatic heterocycles. The summed E-state index contributed by atoms with van der Waals surface area (Å²) in [4.78, 5) is 0. The summed E-state index contributed by atoms with van der Waals surface area (Å²) in [6, 6.07) is -9.66. The maximum atomic E-state index is 13.4. The lowest BCUT2D eigenvalue weighted by atomic mass is 9.95. The Balaban J connectivity index is 7.57. The van der Waals surface area contributed by atoms with Crippen molar-refractivity contribution in [2.75, 3.05) is 0 Å². The number of rotatable bonds is 5. The second-order valence-corrected chi connectivity index (χ2v) is 5.41. The third kappa shape index (κ3) is 3.39. The second kappa shape index (κ2) is 6.96. The van der Waals surface area contributed by atoms with Gasteiger partial charge >= 0.3 is 54.8 Å². The number of hydrogen-bond acceptors (Lipinski definition) is 0. The highest BCUT2D eigenvalue weighted by Gasteiger charge is 3.04. The van der Waals surface area contributed by atoms with Gasteiger partial charge in [-0.05, 0) is 0 Å². The smallest absolute Gasteiger partial charge is 0.192 e. The molecule has 0 aromatic carbocycles. The van der Waals surface area contributed by atoms with Gasteiger partial charge in [-0.25, -0.2) is 0 Å². The van der Waals surface area contributed by atoms with E-state index in [1.54, 1.807) is 0 Å². The average molecular weight is 540 g/mol. The van der Waals surface area contributed by atoms with Crippen molar-refractivity contribution in [2.45, 2.75) is 54.8 Å². The Morgan fingerprint density at radius 2 is 0.500 bits per heavy atom. The first-order valence-corrected chi connectivity index (χ1v) is 6.30. The Bertz CT molecular complexity index is 646. The zero-order chi connectivity index (χ0) is 27.0. The van der Waals surface area contributed by atoms with Gasteiger partial charge in [0.1, 0.15) is 0 Å². The fraction of sp³-hybridized carbons (Fsp3) is 1.00. The molecule has 0 fully saturated rings. The summed E-state index contributed by atoms with van der Waals surface area (Å²) in [6.07, 6.45) is -34.8. The molecule has 0 spiro atoms. The molecule has 0 aromatic rings. The van der Waals surface area contributed by atoms with Crippen LogP contribution in [0.5, 0.6) is 0 Å². The molecule has 0 aromatic heterocycles. The molecule has 0 aliphatic rings. The summed E-state index contributed by atoms with van der Waals surface area (Å²) in [5.74, 6) is -36.5. The molecule has 0 unspecified atom stereocenters. The lowest BCUT2D eigenvalue weighted by molar-refractivity contribution is -1.22. The van der Waals surface area contributed by atoms with Gasteiger partial charge in [-0.3, -0.25) is 0 Å². The zero-order valence-electron chi connectivity index (χ0n) is 13.3. The molecule has 23 heteroatoms. The monoisotopic (exact) mass is 540 g/mol. The largest absolute Gasteiger partial charge is 0.581 e. The van der Waals surface area contributed by atoms with Crippen LogP contribution in [0.3, 0.4) is 0 Å². The first-order valence-electron chi connectivity index (χ1n) is 6.30. The Morgan fingerprint density at radius 1 is 0.281 bits per heavy atom. The number of halogens is 22. The normalized spacial score (nSPS) is 17.1. The van der Waals surface area contributed by atoms with E-state index in [1.807, 2.05) is 0 Å². The van der Waals surface area contributed by atoms with Crippen LogP contribution < -0.4 is 0 Å². The van der Waals surface area contributed by atoms with E-state index in [4.69, 9.17) is 0 Å². The molecule has 0 N–H and O–H groups in total. The summed E-state index contributed by atoms with van der Waals surface area (Å²) < 4.78 is 270. The maximum absolute atomic E-state index is 13.4. The average Bonchev–Trinajstić information content (AvgIpc) is 2.39. The van der Waals surface area contributed by atoms with Crippen LogP contribution in [-0.4, -0.2) is 59.3 Å². The first-order chi connectivity index (χ1) is 13.2. The molecule has 0 radical (unpaired) electrons. The Morgan fingerprint density at radius 3 is 0.688 bits per heavy atom. The molecule has 0 amide bonds. The van der Waals surface area contributed by atoms with Crippen LogP contribution in [0.4, 0.5) is 96.6 Å². The maximum Gasteiger partial charge on any atom is 0.581 e. The minimum Gasteiger partial charge on any atom is -0.192 e. The van der Waals surface area contributed by atoms with Gasteiger partial charge in [0.2, 0.25) is 0 Å². The number of alkyl halides is 22. The number of quaternary nitrogens is 1. The quantitative estimate of drug-likeness (QED) is 0.199. The van der Waals surface area contributed by atoms with Crippen molar-refractivity contribution in [3.63, 3.8) is 0 Å². The fourth-order valence-electron chi connectivity index (χ4n) is 1.88. The molecule has 32 heavy (non-hydrogen) atoms. The molecule has 0 bridgehead atoms. The van der Waals surface area contributed by atoms with Crippen molar-refractivity contribution >= 4 is 0 Å². The molecule has 0 aliphatic carbocycles. The molecule has 0 saturated carbocycles. The van der Waals surface area contributed by atoms with E-state index >= 15 is 0 Å². The lowest BCUT2D eigenvalue weighted by Crippen LogP contribution is -2.86. The van der Waals surface area contributed by atoms with Crippen molar-refractivity contribution in [3.05, 3.63) is 0 Å². The molecule has 194 valence electrons. The predicted octanol–water partition coefficient (Wildman–Crippen LogP) is 7.06. The SMILES string of the molecule is FC(F)(F)C(F)(F)C(F)(F)C(F)(F)C(F)(F)C(F)(F)[N+](C(F)(F)F)(C(F)(F)F)C(F)(F)F. The highest BCUT2D eigenvalue weighted by Crippen LogP contribution is 2.67. The van der Waals surface area contributed by atoms with Gasteiger partial charge in [0, 0.05) is 4.48 Å². The third-order valence-corrected chi connectivity index (χ3v) is 3.48. The van der Waals surface area contributed by atoms with Gasteiger partial charge < -0.3 is 0 Å². The highest BCUT2D eigenvalue weighted by molar-refractivity contribution is 5.09. The summed E-state index contributed by atoms with van der Waals surface area (Å²) >= 11 is 0. The van der Waals surface area contributed by atoms with E-state index in [1.165, 1.54) is 0 Å². The zero-order valence-corrected chi connectivity index (χ0v) is 13.3. The third-order valence-electron chi connectivity index (χ3n) is 3.48. The van der Waals surface area contributed by atoms with Crippen molar-refractivity contribution in [1.82, 2.24) is 0 Å². The van der Waals surface area contributed by atoms with Crippen LogP contribution in [0, 0.1) is 0 Å². The molecular weight excluding hydrogens is 540 g/mol. The van der Waals surface area contributed by atoms with Gasteiger partial charge in [0.05, 0.1) is 0 Å². The highest BCUT2D eigenvalue weighted by atomic mass is 19.5. The Kier molecular flexibility index (Phi) is 6.62.